The summed E-state index contributed by atoms with van der Waals surface area (Å²) in [6, 6.07) is 3.75. The lowest BCUT2D eigenvalue weighted by molar-refractivity contribution is -0.129. The molecule has 4 atom stereocenters. The number of fused-ring (bicyclic) bond motifs is 5. The van der Waals surface area contributed by atoms with Crippen molar-refractivity contribution in [1.29, 1.82) is 0 Å². The Kier molecular flexibility index (Phi) is 4.47. The number of hydrogen-bond acceptors (Lipinski definition) is 4. The number of allylic oxidation sites excluding steroid dienone is 1. The van der Waals surface area contributed by atoms with Crippen molar-refractivity contribution in [3.63, 3.8) is 0 Å². The summed E-state index contributed by atoms with van der Waals surface area (Å²) < 4.78 is 27.9. The van der Waals surface area contributed by atoms with Crippen molar-refractivity contribution in [2.45, 2.75) is 57.8 Å². The summed E-state index contributed by atoms with van der Waals surface area (Å²) in [5, 5.41) is 5.09. The number of Topliss-reactive ketones (excluding diaryl/α,β-unsaturated/α-hetero) is 1. The first-order valence-electron chi connectivity index (χ1n) is 9.75. The van der Waals surface area contributed by atoms with Crippen LogP contribution in [0.1, 0.15) is 61.6 Å². The molecule has 3 aliphatic rings. The highest BCUT2D eigenvalue weighted by molar-refractivity contribution is 7.84. The van der Waals surface area contributed by atoms with E-state index >= 15 is 0 Å². The van der Waals surface area contributed by atoms with Crippen LogP contribution in [-0.4, -0.2) is 14.2 Å². The number of carbonyl (C=O) groups excluding carboxylic acids is 1. The average molecular weight is 390 g/mol. The Morgan fingerprint density at radius 2 is 2.07 bits per heavy atom. The lowest BCUT2D eigenvalue weighted by Crippen LogP contribution is -2.42. The second-order valence-electron chi connectivity index (χ2n) is 8.51. The molecule has 0 aromatic heterocycles. The van der Waals surface area contributed by atoms with E-state index in [0.29, 0.717) is 35.7 Å². The van der Waals surface area contributed by atoms with E-state index in [2.05, 4.69) is 13.5 Å². The highest BCUT2D eigenvalue weighted by Gasteiger charge is 2.54. The van der Waals surface area contributed by atoms with Crippen molar-refractivity contribution in [2.75, 3.05) is 0 Å². The van der Waals surface area contributed by atoms with Gasteiger partial charge in [0.05, 0.1) is 0 Å². The van der Waals surface area contributed by atoms with E-state index in [4.69, 9.17) is 9.32 Å². The van der Waals surface area contributed by atoms with E-state index in [1.807, 2.05) is 6.07 Å². The molecule has 0 amide bonds. The zero-order valence-corrected chi connectivity index (χ0v) is 16.6. The smallest absolute Gasteiger partial charge is 0.371 e. The van der Waals surface area contributed by atoms with Gasteiger partial charge in [0.1, 0.15) is 11.5 Å². The van der Waals surface area contributed by atoms with Crippen LogP contribution < -0.4 is 9.32 Å². The maximum atomic E-state index is 12.5. The van der Waals surface area contributed by atoms with Gasteiger partial charge < -0.3 is 4.18 Å². The van der Waals surface area contributed by atoms with Gasteiger partial charge in [-0.1, -0.05) is 19.1 Å². The predicted octanol–water partition coefficient (Wildman–Crippen LogP) is 3.42. The van der Waals surface area contributed by atoms with Crippen LogP contribution in [0, 0.1) is 17.3 Å². The molecular weight excluding hydrogens is 362 g/mol. The molecule has 2 N–H and O–H groups in total. The van der Waals surface area contributed by atoms with Crippen molar-refractivity contribution in [3.05, 3.63) is 41.5 Å². The standard InChI is InChI=1S/C21H27NO4S/c1-3-4-17-14-5-6-16-15(11-12-21(2)18(16)8-10-20(21)23)13(14)7-9-19(17)26-27(22,24)25/h3,7,9,15-16,18H,1,4-6,8,10-12H2,2H3,(H2,22,24,25)/t15-,16-,18+,21+/m1/s1. The molecule has 146 valence electrons. The first kappa shape index (κ1) is 18.7. The Balaban J connectivity index is 1.74. The quantitative estimate of drug-likeness (QED) is 0.800. The third-order valence-electron chi connectivity index (χ3n) is 7.25. The van der Waals surface area contributed by atoms with Crippen molar-refractivity contribution in [3.8, 4) is 5.75 Å². The van der Waals surface area contributed by atoms with Gasteiger partial charge in [-0.05, 0) is 73.5 Å². The Bertz CT molecular complexity index is 907. The van der Waals surface area contributed by atoms with Crippen molar-refractivity contribution < 1.29 is 17.4 Å². The summed E-state index contributed by atoms with van der Waals surface area (Å²) in [5.41, 5.74) is 3.22. The molecule has 2 fully saturated rings. The number of nitrogens with two attached hydrogens (primary N) is 1. The molecule has 0 heterocycles. The zero-order valence-electron chi connectivity index (χ0n) is 15.7. The van der Waals surface area contributed by atoms with Crippen molar-refractivity contribution in [2.24, 2.45) is 22.4 Å². The molecule has 0 unspecified atom stereocenters. The predicted molar refractivity (Wildman–Crippen MR) is 104 cm³/mol. The van der Waals surface area contributed by atoms with E-state index in [-0.39, 0.29) is 5.41 Å². The maximum Gasteiger partial charge on any atom is 0.380 e. The van der Waals surface area contributed by atoms with Gasteiger partial charge >= 0.3 is 10.3 Å². The van der Waals surface area contributed by atoms with Crippen molar-refractivity contribution in [1.82, 2.24) is 0 Å². The van der Waals surface area contributed by atoms with E-state index in [1.165, 1.54) is 11.1 Å². The van der Waals surface area contributed by atoms with Gasteiger partial charge in [0, 0.05) is 17.4 Å². The molecule has 5 nitrogen and oxygen atoms in total. The fourth-order valence-electron chi connectivity index (χ4n) is 6.06. The van der Waals surface area contributed by atoms with Gasteiger partial charge in [0.25, 0.3) is 0 Å². The monoisotopic (exact) mass is 389 g/mol. The fraction of sp³-hybridized carbons (Fsp3) is 0.571. The summed E-state index contributed by atoms with van der Waals surface area (Å²) in [6.45, 7) is 5.98. The number of benzene rings is 1. The second kappa shape index (κ2) is 6.45. The van der Waals surface area contributed by atoms with Crippen LogP contribution in [-0.2, 0) is 27.9 Å². The number of rotatable bonds is 4. The molecule has 2 saturated carbocycles. The van der Waals surface area contributed by atoms with Crippen LogP contribution in [0.4, 0.5) is 0 Å². The van der Waals surface area contributed by atoms with Gasteiger partial charge in [-0.15, -0.1) is 6.58 Å². The highest BCUT2D eigenvalue weighted by Crippen LogP contribution is 2.60. The van der Waals surface area contributed by atoms with Gasteiger partial charge in [-0.2, -0.15) is 13.6 Å². The summed E-state index contributed by atoms with van der Waals surface area (Å²) in [6.07, 6.45) is 7.92. The highest BCUT2D eigenvalue weighted by atomic mass is 32.2. The molecule has 0 aliphatic heterocycles. The molecule has 4 rings (SSSR count). The van der Waals surface area contributed by atoms with E-state index in [0.717, 1.165) is 44.1 Å². The van der Waals surface area contributed by atoms with Gasteiger partial charge in [0.15, 0.2) is 0 Å². The summed E-state index contributed by atoms with van der Waals surface area (Å²) in [7, 11) is -4.07. The van der Waals surface area contributed by atoms with Gasteiger partial charge in [-0.25, -0.2) is 0 Å². The largest absolute Gasteiger partial charge is 0.380 e. The summed E-state index contributed by atoms with van der Waals surface area (Å²) in [5.74, 6) is 2.20. The Morgan fingerprint density at radius 3 is 2.78 bits per heavy atom. The molecule has 0 bridgehead atoms. The Hall–Kier alpha value is -1.66. The van der Waals surface area contributed by atoms with E-state index in [1.54, 1.807) is 12.1 Å². The number of carbonyl (C=O) groups is 1. The first-order chi connectivity index (χ1) is 12.7. The van der Waals surface area contributed by atoms with E-state index in [9.17, 15) is 13.2 Å². The van der Waals surface area contributed by atoms with Crippen LogP contribution in [0.25, 0.3) is 0 Å². The van der Waals surface area contributed by atoms with Crippen LogP contribution in [0.5, 0.6) is 5.75 Å². The van der Waals surface area contributed by atoms with E-state index < -0.39 is 10.3 Å². The van der Waals surface area contributed by atoms with Crippen LogP contribution in [0.2, 0.25) is 0 Å². The molecule has 0 radical (unpaired) electrons. The molecule has 1 aromatic rings. The normalized spacial score (nSPS) is 32.4. The fourth-order valence-corrected chi connectivity index (χ4v) is 6.47. The third kappa shape index (κ3) is 3.03. The minimum Gasteiger partial charge on any atom is -0.371 e. The van der Waals surface area contributed by atoms with Crippen LogP contribution >= 0.6 is 0 Å². The number of ketones is 1. The molecule has 1 aromatic carbocycles. The molecule has 27 heavy (non-hydrogen) atoms. The molecule has 0 spiro atoms. The molecule has 6 heteroatoms. The minimum atomic E-state index is -4.07. The zero-order chi connectivity index (χ0) is 19.4. The Morgan fingerprint density at radius 1 is 1.30 bits per heavy atom. The lowest BCUT2D eigenvalue weighted by atomic mass is 9.55. The average Bonchev–Trinajstić information content (AvgIpc) is 2.90. The molecule has 0 saturated heterocycles. The van der Waals surface area contributed by atoms with Gasteiger partial charge in [0.2, 0.25) is 0 Å². The molecular formula is C21H27NO4S. The maximum absolute atomic E-state index is 12.5. The summed E-state index contributed by atoms with van der Waals surface area (Å²) in [4.78, 5) is 12.5. The minimum absolute atomic E-state index is 0.140. The SMILES string of the molecule is C=CCc1c(OS(N)(=O)=O)ccc2c1CC[C@@H]1[C@@H]2CC[C@]2(C)C(=O)CC[C@@H]12. The van der Waals surface area contributed by atoms with Crippen LogP contribution in [0.3, 0.4) is 0 Å². The first-order valence-corrected chi connectivity index (χ1v) is 11.2. The topological polar surface area (TPSA) is 86.5 Å². The molecule has 3 aliphatic carbocycles. The van der Waals surface area contributed by atoms with Gasteiger partial charge in [-0.3, -0.25) is 4.79 Å². The van der Waals surface area contributed by atoms with Crippen LogP contribution in [0.15, 0.2) is 24.8 Å². The van der Waals surface area contributed by atoms with Crippen molar-refractivity contribution >= 4 is 16.1 Å². The second-order valence-corrected chi connectivity index (χ2v) is 9.66. The lowest BCUT2D eigenvalue weighted by Gasteiger charge is -2.48. The summed E-state index contributed by atoms with van der Waals surface area (Å²) >= 11 is 0. The Labute approximate surface area is 161 Å². The number of hydrogen-bond donors (Lipinski definition) is 1. The third-order valence-corrected chi connectivity index (χ3v) is 7.66.